The molecule has 0 aromatic heterocycles. The van der Waals surface area contributed by atoms with E-state index in [2.05, 4.69) is 21.2 Å². The van der Waals surface area contributed by atoms with Gasteiger partial charge in [-0.2, -0.15) is 0 Å². The maximum Gasteiger partial charge on any atom is 0.0901 e. The van der Waals surface area contributed by atoms with Crippen molar-refractivity contribution < 1.29 is 0 Å². The number of alkyl halides is 1. The summed E-state index contributed by atoms with van der Waals surface area (Å²) in [5, 5.41) is 3.02. The van der Waals surface area contributed by atoms with Gasteiger partial charge in [0.2, 0.25) is 0 Å². The molecule has 1 aromatic carbocycles. The van der Waals surface area contributed by atoms with E-state index in [4.69, 9.17) is 11.6 Å². The molecule has 1 nitrogen and oxygen atoms in total. The van der Waals surface area contributed by atoms with Gasteiger partial charge in [-0.3, -0.25) is 0 Å². The summed E-state index contributed by atoms with van der Waals surface area (Å²) in [5.74, 6) is 0. The van der Waals surface area contributed by atoms with Crippen molar-refractivity contribution in [2.24, 2.45) is 0 Å². The Kier molecular flexibility index (Phi) is 3.21. The minimum absolute atomic E-state index is 0.446. The SMILES string of the molecule is Cc1cc(NCCl)ccc1Br. The van der Waals surface area contributed by atoms with Crippen molar-refractivity contribution >= 4 is 33.2 Å². The molecule has 0 saturated carbocycles. The van der Waals surface area contributed by atoms with Crippen LogP contribution in [0.2, 0.25) is 0 Å². The zero-order valence-electron chi connectivity index (χ0n) is 6.20. The van der Waals surface area contributed by atoms with Gasteiger partial charge < -0.3 is 5.32 Å². The molecule has 0 aliphatic rings. The van der Waals surface area contributed by atoms with Gasteiger partial charge in [-0.1, -0.05) is 15.9 Å². The van der Waals surface area contributed by atoms with Gasteiger partial charge in [0.15, 0.2) is 0 Å². The van der Waals surface area contributed by atoms with Crippen molar-refractivity contribution in [3.8, 4) is 0 Å². The predicted octanol–water partition coefficient (Wildman–Crippen LogP) is 3.37. The van der Waals surface area contributed by atoms with E-state index in [9.17, 15) is 0 Å². The molecule has 0 unspecified atom stereocenters. The first-order valence-electron chi connectivity index (χ1n) is 3.30. The maximum absolute atomic E-state index is 5.51. The topological polar surface area (TPSA) is 12.0 Å². The van der Waals surface area contributed by atoms with E-state index in [1.165, 1.54) is 5.56 Å². The monoisotopic (exact) mass is 233 g/mol. The molecule has 0 bridgehead atoms. The average Bonchev–Trinajstić information content (AvgIpc) is 1.98. The van der Waals surface area contributed by atoms with Crippen molar-refractivity contribution in [2.45, 2.75) is 6.92 Å². The van der Waals surface area contributed by atoms with Crippen LogP contribution in [0.5, 0.6) is 0 Å². The van der Waals surface area contributed by atoms with Gasteiger partial charge in [0.1, 0.15) is 0 Å². The van der Waals surface area contributed by atoms with E-state index in [0.29, 0.717) is 6.00 Å². The fourth-order valence-electron chi connectivity index (χ4n) is 0.832. The van der Waals surface area contributed by atoms with Gasteiger partial charge in [0.25, 0.3) is 0 Å². The second-order valence-corrected chi connectivity index (χ2v) is 3.40. The molecule has 0 saturated heterocycles. The van der Waals surface area contributed by atoms with Gasteiger partial charge in [-0.05, 0) is 30.7 Å². The van der Waals surface area contributed by atoms with E-state index in [0.717, 1.165) is 10.2 Å². The molecular weight excluding hydrogens is 225 g/mol. The van der Waals surface area contributed by atoms with Gasteiger partial charge in [-0.25, -0.2) is 0 Å². The van der Waals surface area contributed by atoms with Crippen molar-refractivity contribution in [3.63, 3.8) is 0 Å². The van der Waals surface area contributed by atoms with Crippen LogP contribution in [-0.2, 0) is 0 Å². The molecular formula is C8H9BrClN. The number of hydrogen-bond donors (Lipinski definition) is 1. The Labute approximate surface area is 79.9 Å². The lowest BCUT2D eigenvalue weighted by atomic mass is 10.2. The van der Waals surface area contributed by atoms with Crippen LogP contribution in [0.15, 0.2) is 22.7 Å². The Bertz CT molecular complexity index is 250. The van der Waals surface area contributed by atoms with Gasteiger partial charge in [0.05, 0.1) is 6.00 Å². The molecule has 0 radical (unpaired) electrons. The highest BCUT2D eigenvalue weighted by Gasteiger charge is 1.94. The Morgan fingerprint density at radius 3 is 2.82 bits per heavy atom. The van der Waals surface area contributed by atoms with Crippen LogP contribution in [0, 0.1) is 6.92 Å². The third-order valence-corrected chi connectivity index (χ3v) is 2.45. The zero-order chi connectivity index (χ0) is 8.27. The highest BCUT2D eigenvalue weighted by Crippen LogP contribution is 2.19. The molecule has 1 rings (SSSR count). The van der Waals surface area contributed by atoms with Crippen LogP contribution in [0.4, 0.5) is 5.69 Å². The molecule has 11 heavy (non-hydrogen) atoms. The average molecular weight is 235 g/mol. The van der Waals surface area contributed by atoms with Crippen molar-refractivity contribution in [2.75, 3.05) is 11.3 Å². The Balaban J connectivity index is 2.86. The van der Waals surface area contributed by atoms with Crippen LogP contribution < -0.4 is 5.32 Å². The Hall–Kier alpha value is -0.210. The summed E-state index contributed by atoms with van der Waals surface area (Å²) in [7, 11) is 0. The van der Waals surface area contributed by atoms with E-state index in [-0.39, 0.29) is 0 Å². The van der Waals surface area contributed by atoms with E-state index < -0.39 is 0 Å². The van der Waals surface area contributed by atoms with Crippen LogP contribution in [0.1, 0.15) is 5.56 Å². The summed E-state index contributed by atoms with van der Waals surface area (Å²) < 4.78 is 1.12. The van der Waals surface area contributed by atoms with E-state index in [1.807, 2.05) is 25.1 Å². The van der Waals surface area contributed by atoms with Crippen LogP contribution in [0.25, 0.3) is 0 Å². The molecule has 0 atom stereocenters. The van der Waals surface area contributed by atoms with E-state index in [1.54, 1.807) is 0 Å². The lowest BCUT2D eigenvalue weighted by molar-refractivity contribution is 1.38. The first-order chi connectivity index (χ1) is 5.24. The number of hydrogen-bond acceptors (Lipinski definition) is 1. The Morgan fingerprint density at radius 1 is 1.55 bits per heavy atom. The molecule has 1 aromatic rings. The predicted molar refractivity (Wildman–Crippen MR) is 53.2 cm³/mol. The van der Waals surface area contributed by atoms with Crippen LogP contribution in [-0.4, -0.2) is 6.00 Å². The second-order valence-electron chi connectivity index (χ2n) is 2.27. The van der Waals surface area contributed by atoms with Crippen LogP contribution in [0.3, 0.4) is 0 Å². The first kappa shape index (κ1) is 8.88. The number of rotatable bonds is 2. The summed E-state index contributed by atoms with van der Waals surface area (Å²) in [6.45, 7) is 2.05. The number of anilines is 1. The minimum Gasteiger partial charge on any atom is -0.372 e. The molecule has 1 N–H and O–H groups in total. The number of nitrogens with one attached hydrogen (secondary N) is 1. The van der Waals surface area contributed by atoms with Crippen molar-refractivity contribution in [1.29, 1.82) is 0 Å². The lowest BCUT2D eigenvalue weighted by Crippen LogP contribution is -1.93. The van der Waals surface area contributed by atoms with Crippen molar-refractivity contribution in [3.05, 3.63) is 28.2 Å². The third-order valence-electron chi connectivity index (χ3n) is 1.43. The van der Waals surface area contributed by atoms with Gasteiger partial charge in [-0.15, -0.1) is 11.6 Å². The highest BCUT2D eigenvalue weighted by molar-refractivity contribution is 9.10. The molecule has 0 aliphatic heterocycles. The quantitative estimate of drug-likeness (QED) is 0.611. The normalized spacial score (nSPS) is 9.73. The molecule has 3 heteroatoms. The molecule has 60 valence electrons. The fourth-order valence-corrected chi connectivity index (χ4v) is 1.23. The molecule has 0 spiro atoms. The zero-order valence-corrected chi connectivity index (χ0v) is 8.54. The summed E-state index contributed by atoms with van der Waals surface area (Å²) in [4.78, 5) is 0. The fraction of sp³-hybridized carbons (Fsp3) is 0.250. The number of aryl methyl sites for hydroxylation is 1. The van der Waals surface area contributed by atoms with Crippen molar-refractivity contribution in [1.82, 2.24) is 0 Å². The summed E-state index contributed by atoms with van der Waals surface area (Å²) in [6.07, 6.45) is 0. The smallest absolute Gasteiger partial charge is 0.0901 e. The summed E-state index contributed by atoms with van der Waals surface area (Å²) in [5.41, 5.74) is 2.26. The standard InChI is InChI=1S/C8H9BrClN/c1-6-4-7(11-5-10)2-3-8(6)9/h2-4,11H,5H2,1H3. The minimum atomic E-state index is 0.446. The van der Waals surface area contributed by atoms with Gasteiger partial charge >= 0.3 is 0 Å². The number of halogens is 2. The summed E-state index contributed by atoms with van der Waals surface area (Å²) >= 11 is 8.93. The molecule has 0 amide bonds. The largest absolute Gasteiger partial charge is 0.372 e. The molecule has 0 fully saturated rings. The summed E-state index contributed by atoms with van der Waals surface area (Å²) in [6, 6.07) is 6.48. The van der Waals surface area contributed by atoms with E-state index >= 15 is 0 Å². The lowest BCUT2D eigenvalue weighted by Gasteiger charge is -2.03. The number of benzene rings is 1. The third kappa shape index (κ3) is 2.38. The highest BCUT2D eigenvalue weighted by atomic mass is 79.9. The van der Waals surface area contributed by atoms with Gasteiger partial charge in [0, 0.05) is 10.2 Å². The molecule has 0 aliphatic carbocycles. The second kappa shape index (κ2) is 3.98. The molecule has 0 heterocycles. The maximum atomic E-state index is 5.51. The first-order valence-corrected chi connectivity index (χ1v) is 4.63. The Morgan fingerprint density at radius 2 is 2.27 bits per heavy atom. The van der Waals surface area contributed by atoms with Crippen LogP contribution >= 0.6 is 27.5 Å².